The number of rotatable bonds is 1. The molecule has 7 rings (SSSR count). The maximum Gasteiger partial charge on any atom is -0.00139 e. The van der Waals surface area contributed by atoms with E-state index >= 15 is 0 Å². The molecule has 0 saturated heterocycles. The second kappa shape index (κ2) is 6.67. The van der Waals surface area contributed by atoms with Crippen LogP contribution in [0.4, 0.5) is 0 Å². The molecule has 0 unspecified atom stereocenters. The summed E-state index contributed by atoms with van der Waals surface area (Å²) < 4.78 is 0. The van der Waals surface area contributed by atoms with Gasteiger partial charge in [0, 0.05) is 0 Å². The Morgan fingerprint density at radius 3 is 1.19 bits per heavy atom. The van der Waals surface area contributed by atoms with E-state index in [9.17, 15) is 0 Å². The Kier molecular flexibility index (Phi) is 3.65. The van der Waals surface area contributed by atoms with Gasteiger partial charge in [0.05, 0.1) is 0 Å². The monoisotopic (exact) mass is 404 g/mol. The van der Waals surface area contributed by atoms with Gasteiger partial charge in [0.2, 0.25) is 0 Å². The third kappa shape index (κ3) is 2.38. The van der Waals surface area contributed by atoms with Crippen molar-refractivity contribution < 1.29 is 0 Å². The molecule has 0 amide bonds. The zero-order chi connectivity index (χ0) is 21.1. The molecule has 0 atom stereocenters. The molecule has 0 N–H and O–H groups in total. The van der Waals surface area contributed by atoms with E-state index in [1.54, 1.807) is 0 Å². The summed E-state index contributed by atoms with van der Waals surface area (Å²) in [6.07, 6.45) is 0. The zero-order valence-electron chi connectivity index (χ0n) is 17.5. The Balaban J connectivity index is 1.79. The minimum absolute atomic E-state index is 1.25. The highest BCUT2D eigenvalue weighted by molar-refractivity contribution is 6.39. The van der Waals surface area contributed by atoms with Crippen LogP contribution in [0.2, 0.25) is 0 Å². The highest BCUT2D eigenvalue weighted by atomic mass is 14.2. The largest absolute Gasteiger partial charge is 0.0622 e. The average molecular weight is 405 g/mol. The van der Waals surface area contributed by atoms with Gasteiger partial charge in [0.25, 0.3) is 0 Å². The quantitative estimate of drug-likeness (QED) is 0.239. The Labute approximate surface area is 186 Å². The predicted molar refractivity (Wildman–Crippen MR) is 139 cm³/mol. The third-order valence-electron chi connectivity index (χ3n) is 6.82. The van der Waals surface area contributed by atoms with Crippen molar-refractivity contribution in [2.75, 3.05) is 0 Å². The molecule has 0 aliphatic heterocycles. The minimum atomic E-state index is 1.25. The summed E-state index contributed by atoms with van der Waals surface area (Å²) in [6.45, 7) is 0. The van der Waals surface area contributed by atoms with Crippen molar-refractivity contribution in [3.05, 3.63) is 121 Å². The lowest BCUT2D eigenvalue weighted by Crippen LogP contribution is -1.89. The van der Waals surface area contributed by atoms with Crippen molar-refractivity contribution >= 4 is 53.9 Å². The van der Waals surface area contributed by atoms with Crippen molar-refractivity contribution in [2.45, 2.75) is 0 Å². The first-order valence-electron chi connectivity index (χ1n) is 11.1. The molecule has 7 aromatic rings. The fourth-order valence-electron chi connectivity index (χ4n) is 5.43. The molecule has 0 radical (unpaired) electrons. The van der Waals surface area contributed by atoms with Crippen molar-refractivity contribution in [2.24, 2.45) is 0 Å². The standard InChI is InChI=1S/C32H20/c1-2-10-21(11-3-1)22-18-19-29-30(20-22)25-14-6-9-17-28(25)31-26-15-7-4-12-23(26)24-13-5-8-16-27(24)32(29)31/h1-20H. The van der Waals surface area contributed by atoms with Crippen LogP contribution in [0.1, 0.15) is 0 Å². The van der Waals surface area contributed by atoms with Gasteiger partial charge in [-0.1, -0.05) is 115 Å². The van der Waals surface area contributed by atoms with Crippen molar-refractivity contribution in [1.82, 2.24) is 0 Å². The van der Waals surface area contributed by atoms with Crippen LogP contribution in [-0.4, -0.2) is 0 Å². The molecule has 0 saturated carbocycles. The summed E-state index contributed by atoms with van der Waals surface area (Å²) in [5.41, 5.74) is 2.51. The second-order valence-corrected chi connectivity index (χ2v) is 8.51. The minimum Gasteiger partial charge on any atom is -0.0622 e. The van der Waals surface area contributed by atoms with Gasteiger partial charge in [0.1, 0.15) is 0 Å². The topological polar surface area (TPSA) is 0 Å². The van der Waals surface area contributed by atoms with Crippen LogP contribution in [0.25, 0.3) is 65.0 Å². The molecule has 32 heavy (non-hydrogen) atoms. The third-order valence-corrected chi connectivity index (χ3v) is 6.82. The van der Waals surface area contributed by atoms with Crippen molar-refractivity contribution in [3.8, 4) is 11.1 Å². The number of hydrogen-bond donors (Lipinski definition) is 0. The van der Waals surface area contributed by atoms with E-state index in [2.05, 4.69) is 121 Å². The predicted octanol–water partition coefficient (Wildman–Crippen LogP) is 9.12. The molecule has 148 valence electrons. The lowest BCUT2D eigenvalue weighted by molar-refractivity contribution is 1.65. The van der Waals surface area contributed by atoms with Gasteiger partial charge in [-0.25, -0.2) is 0 Å². The molecule has 7 aromatic carbocycles. The maximum absolute atomic E-state index is 2.37. The summed E-state index contributed by atoms with van der Waals surface area (Å²) in [7, 11) is 0. The molecule has 0 heteroatoms. The Hall–Kier alpha value is -4.16. The normalized spacial score (nSPS) is 11.8. The van der Waals surface area contributed by atoms with E-state index in [-0.39, 0.29) is 0 Å². The maximum atomic E-state index is 2.37. The summed E-state index contributed by atoms with van der Waals surface area (Å²) in [5.74, 6) is 0. The Morgan fingerprint density at radius 1 is 0.250 bits per heavy atom. The van der Waals surface area contributed by atoms with Gasteiger partial charge in [-0.3, -0.25) is 0 Å². The number of hydrogen-bond acceptors (Lipinski definition) is 0. The molecule has 0 spiro atoms. The first-order valence-corrected chi connectivity index (χ1v) is 11.1. The van der Waals surface area contributed by atoms with Crippen LogP contribution < -0.4 is 0 Å². The Morgan fingerprint density at radius 2 is 0.656 bits per heavy atom. The molecule has 0 aliphatic rings. The lowest BCUT2D eigenvalue weighted by atomic mass is 9.86. The molecule has 0 aliphatic carbocycles. The smallest absolute Gasteiger partial charge is 0.00139 e. The van der Waals surface area contributed by atoms with Crippen LogP contribution >= 0.6 is 0 Å². The highest BCUT2D eigenvalue weighted by Gasteiger charge is 2.15. The van der Waals surface area contributed by atoms with E-state index in [0.717, 1.165) is 0 Å². The molecule has 0 aromatic heterocycles. The molecule has 0 fully saturated rings. The Bertz CT molecular complexity index is 1810. The van der Waals surface area contributed by atoms with E-state index in [1.165, 1.54) is 65.0 Å². The van der Waals surface area contributed by atoms with Crippen LogP contribution in [0.15, 0.2) is 121 Å². The highest BCUT2D eigenvalue weighted by Crippen LogP contribution is 2.44. The fourth-order valence-corrected chi connectivity index (χ4v) is 5.43. The van der Waals surface area contributed by atoms with E-state index in [1.807, 2.05) is 0 Å². The first-order chi connectivity index (χ1) is 15.9. The van der Waals surface area contributed by atoms with Gasteiger partial charge >= 0.3 is 0 Å². The van der Waals surface area contributed by atoms with Gasteiger partial charge in [-0.2, -0.15) is 0 Å². The zero-order valence-corrected chi connectivity index (χ0v) is 17.5. The summed E-state index contributed by atoms with van der Waals surface area (Å²) >= 11 is 0. The van der Waals surface area contributed by atoms with Crippen LogP contribution in [0, 0.1) is 0 Å². The van der Waals surface area contributed by atoms with Crippen molar-refractivity contribution in [3.63, 3.8) is 0 Å². The number of fused-ring (bicyclic) bond motifs is 11. The summed E-state index contributed by atoms with van der Waals surface area (Å²) in [5, 5.41) is 13.3. The lowest BCUT2D eigenvalue weighted by Gasteiger charge is -2.17. The van der Waals surface area contributed by atoms with Crippen LogP contribution in [-0.2, 0) is 0 Å². The molecule has 0 bridgehead atoms. The van der Waals surface area contributed by atoms with Crippen LogP contribution in [0.5, 0.6) is 0 Å². The number of benzene rings is 7. The van der Waals surface area contributed by atoms with E-state index in [0.29, 0.717) is 0 Å². The fraction of sp³-hybridized carbons (Fsp3) is 0. The first kappa shape index (κ1) is 17.5. The molecular weight excluding hydrogens is 384 g/mol. The average Bonchev–Trinajstić information content (AvgIpc) is 2.88. The summed E-state index contributed by atoms with van der Waals surface area (Å²) in [4.78, 5) is 0. The molecule has 0 heterocycles. The van der Waals surface area contributed by atoms with Gasteiger partial charge in [0.15, 0.2) is 0 Å². The molecular formula is C32H20. The van der Waals surface area contributed by atoms with E-state index < -0.39 is 0 Å². The second-order valence-electron chi connectivity index (χ2n) is 8.51. The van der Waals surface area contributed by atoms with E-state index in [4.69, 9.17) is 0 Å². The SMILES string of the molecule is c1ccc(-c2ccc3c(c2)c2ccccc2c2c4ccccc4c4ccccc4c32)cc1. The van der Waals surface area contributed by atoms with Gasteiger partial charge in [-0.15, -0.1) is 0 Å². The van der Waals surface area contributed by atoms with Crippen LogP contribution in [0.3, 0.4) is 0 Å². The molecule has 0 nitrogen and oxygen atoms in total. The van der Waals surface area contributed by atoms with Gasteiger partial charge < -0.3 is 0 Å². The summed E-state index contributed by atoms with van der Waals surface area (Å²) in [6, 6.07) is 44.2. The van der Waals surface area contributed by atoms with Crippen molar-refractivity contribution in [1.29, 1.82) is 0 Å². The van der Waals surface area contributed by atoms with Gasteiger partial charge in [-0.05, 0) is 71.1 Å².